The van der Waals surface area contributed by atoms with E-state index >= 15 is 0 Å². The van der Waals surface area contributed by atoms with Gasteiger partial charge in [-0.25, -0.2) is 0 Å². The first-order valence-electron chi connectivity index (χ1n) is 18.0. The average Bonchev–Trinajstić information content (AvgIpc) is 3.50. The van der Waals surface area contributed by atoms with Crippen molar-refractivity contribution in [1.29, 1.82) is 0 Å². The maximum absolute atomic E-state index is 4.21. The fourth-order valence-corrected chi connectivity index (χ4v) is 15.4. The molecule has 1 aliphatic heterocycles. The number of fused-ring (bicyclic) bond motifs is 4. The van der Waals surface area contributed by atoms with Crippen molar-refractivity contribution in [2.24, 2.45) is 34.5 Å². The standard InChI is InChI=1S/C44H56N2Si/c1-42(2,3)32-22-24-35-36-25-23-33(43(4,5)6)28-38(36)41(37(35)27-32)47(9,10)46-39-21-15-20-34(40(39)45-44(46,7)8)31-19-14-18-30(26-31)29-16-12-11-13-17-29/h11-28,35-41,45H,1-10H3/t35?,36?,37?,38?,39-,40?,41?/m1/s1. The fourth-order valence-electron chi connectivity index (χ4n) is 10.0. The van der Waals surface area contributed by atoms with Crippen LogP contribution in [0.1, 0.15) is 61.0 Å². The maximum atomic E-state index is 4.21. The van der Waals surface area contributed by atoms with E-state index in [4.69, 9.17) is 0 Å². The summed E-state index contributed by atoms with van der Waals surface area (Å²) in [7, 11) is -2.13. The number of nitrogens with one attached hydrogen (secondary N) is 1. The van der Waals surface area contributed by atoms with Crippen molar-refractivity contribution in [2.75, 3.05) is 0 Å². The molecule has 2 aromatic rings. The largest absolute Gasteiger partial charge is 0.299 e. The summed E-state index contributed by atoms with van der Waals surface area (Å²) in [5, 5.41) is 4.21. The molecule has 2 nitrogen and oxygen atoms in total. The van der Waals surface area contributed by atoms with Gasteiger partial charge in [-0.2, -0.15) is 0 Å². The highest BCUT2D eigenvalue weighted by Crippen LogP contribution is 2.62. The molecular formula is C44H56N2Si. The number of allylic oxidation sites excluding steroid dienone is 10. The number of hydrogen-bond donors (Lipinski definition) is 1. The highest BCUT2D eigenvalue weighted by Gasteiger charge is 2.62. The van der Waals surface area contributed by atoms with Gasteiger partial charge in [0.05, 0.1) is 11.7 Å². The van der Waals surface area contributed by atoms with Crippen molar-refractivity contribution in [3.05, 3.63) is 126 Å². The summed E-state index contributed by atoms with van der Waals surface area (Å²) in [5.41, 5.74) is 9.05. The zero-order valence-electron chi connectivity index (χ0n) is 30.4. The highest BCUT2D eigenvalue weighted by molar-refractivity contribution is 6.76. The lowest BCUT2D eigenvalue weighted by Gasteiger charge is -2.51. The Bertz CT molecular complexity index is 1670. The minimum atomic E-state index is -2.13. The van der Waals surface area contributed by atoms with Crippen LogP contribution in [0.2, 0.25) is 18.6 Å². The molecule has 0 aromatic heterocycles. The second-order valence-corrected chi connectivity index (χ2v) is 22.4. The van der Waals surface area contributed by atoms with Gasteiger partial charge in [-0.15, -0.1) is 0 Å². The predicted octanol–water partition coefficient (Wildman–Crippen LogP) is 10.8. The Morgan fingerprint density at radius 3 is 1.81 bits per heavy atom. The Morgan fingerprint density at radius 1 is 0.681 bits per heavy atom. The van der Waals surface area contributed by atoms with E-state index in [-0.39, 0.29) is 22.5 Å². The number of benzene rings is 2. The maximum Gasteiger partial charge on any atom is 0.129 e. The molecule has 4 aliphatic carbocycles. The van der Waals surface area contributed by atoms with Crippen molar-refractivity contribution >= 4 is 13.8 Å². The lowest BCUT2D eigenvalue weighted by atomic mass is 9.74. The molecular weight excluding hydrogens is 585 g/mol. The van der Waals surface area contributed by atoms with Gasteiger partial charge in [-0.3, -0.25) is 9.88 Å². The highest BCUT2D eigenvalue weighted by atomic mass is 28.3. The van der Waals surface area contributed by atoms with Crippen molar-refractivity contribution in [3.8, 4) is 11.1 Å². The van der Waals surface area contributed by atoms with Crippen LogP contribution in [0, 0.1) is 34.5 Å². The van der Waals surface area contributed by atoms with E-state index in [9.17, 15) is 0 Å². The molecule has 246 valence electrons. The minimum absolute atomic E-state index is 0.133. The second kappa shape index (κ2) is 11.3. The summed E-state index contributed by atoms with van der Waals surface area (Å²) in [5.74, 6) is 2.21. The average molecular weight is 641 g/mol. The van der Waals surface area contributed by atoms with Gasteiger partial charge in [0.25, 0.3) is 0 Å². The smallest absolute Gasteiger partial charge is 0.129 e. The molecule has 3 heteroatoms. The number of hydrogen-bond acceptors (Lipinski definition) is 2. The third-order valence-corrected chi connectivity index (χ3v) is 16.5. The molecule has 1 saturated heterocycles. The molecule has 7 rings (SSSR count). The third-order valence-electron chi connectivity index (χ3n) is 12.0. The Kier molecular flexibility index (Phi) is 7.82. The van der Waals surface area contributed by atoms with Crippen molar-refractivity contribution in [3.63, 3.8) is 0 Å². The summed E-state index contributed by atoms with van der Waals surface area (Å²) in [6.07, 6.45) is 22.8. The summed E-state index contributed by atoms with van der Waals surface area (Å²) in [6.45, 7) is 24.6. The lowest BCUT2D eigenvalue weighted by molar-refractivity contribution is 0.226. The van der Waals surface area contributed by atoms with Gasteiger partial charge in [0.15, 0.2) is 0 Å². The SMILES string of the molecule is CC(C)(C)C1=CC2C(C=C1)C1C=CC(C(C)(C)C)=CC1C2[Si](C)(C)N1[C@@H]2C=CC=C(c3cccc(-c4ccccc4)c3)C2NC1(C)C. The Labute approximate surface area is 286 Å². The van der Waals surface area contributed by atoms with E-state index in [0.717, 1.165) is 0 Å². The molecule has 5 aliphatic rings. The first-order chi connectivity index (χ1) is 22.1. The van der Waals surface area contributed by atoms with Crippen LogP contribution < -0.4 is 5.32 Å². The van der Waals surface area contributed by atoms with Crippen LogP contribution in [-0.2, 0) is 0 Å². The van der Waals surface area contributed by atoms with Crippen LogP contribution >= 0.6 is 0 Å². The molecule has 0 spiro atoms. The molecule has 2 fully saturated rings. The van der Waals surface area contributed by atoms with Gasteiger partial charge < -0.3 is 0 Å². The molecule has 47 heavy (non-hydrogen) atoms. The van der Waals surface area contributed by atoms with Crippen LogP contribution in [0.4, 0.5) is 0 Å². The molecule has 2 aromatic carbocycles. The van der Waals surface area contributed by atoms with E-state index in [2.05, 4.69) is 188 Å². The summed E-state index contributed by atoms with van der Waals surface area (Å²) in [4.78, 5) is 0. The molecule has 5 unspecified atom stereocenters. The normalized spacial score (nSPS) is 31.5. The van der Waals surface area contributed by atoms with Crippen molar-refractivity contribution < 1.29 is 0 Å². The van der Waals surface area contributed by atoms with E-state index in [0.29, 0.717) is 35.3 Å². The Balaban J connectivity index is 1.29. The van der Waals surface area contributed by atoms with Gasteiger partial charge >= 0.3 is 0 Å². The number of nitrogens with zero attached hydrogens (tertiary/aromatic N) is 1. The third kappa shape index (κ3) is 5.57. The summed E-state index contributed by atoms with van der Waals surface area (Å²) >= 11 is 0. The topological polar surface area (TPSA) is 15.3 Å². The van der Waals surface area contributed by atoms with Gasteiger partial charge in [-0.05, 0) is 93.4 Å². The van der Waals surface area contributed by atoms with Gasteiger partial charge in [0.1, 0.15) is 8.24 Å². The van der Waals surface area contributed by atoms with Crippen LogP contribution in [0.3, 0.4) is 0 Å². The van der Waals surface area contributed by atoms with Crippen LogP contribution in [-0.4, -0.2) is 30.5 Å². The van der Waals surface area contributed by atoms with E-state index in [1.54, 1.807) is 0 Å². The van der Waals surface area contributed by atoms with Crippen molar-refractivity contribution in [2.45, 2.75) is 91.8 Å². The zero-order chi connectivity index (χ0) is 33.5. The zero-order valence-corrected chi connectivity index (χ0v) is 31.4. The molecule has 1 N–H and O–H groups in total. The monoisotopic (exact) mass is 640 g/mol. The van der Waals surface area contributed by atoms with Crippen molar-refractivity contribution in [1.82, 2.24) is 9.88 Å². The number of rotatable bonds is 4. The molecule has 0 radical (unpaired) electrons. The van der Waals surface area contributed by atoms with Crippen LogP contribution in [0.5, 0.6) is 0 Å². The van der Waals surface area contributed by atoms with Gasteiger partial charge in [-0.1, -0.05) is 158 Å². The van der Waals surface area contributed by atoms with E-state index in [1.165, 1.54) is 33.4 Å². The van der Waals surface area contributed by atoms with E-state index < -0.39 is 8.24 Å². The molecule has 1 heterocycles. The Hall–Kier alpha value is -2.98. The quantitative estimate of drug-likeness (QED) is 0.335. The van der Waals surface area contributed by atoms with E-state index in [1.807, 2.05) is 0 Å². The first kappa shape index (κ1) is 32.6. The molecule has 0 bridgehead atoms. The summed E-state index contributed by atoms with van der Waals surface area (Å²) < 4.78 is 3.01. The lowest BCUT2D eigenvalue weighted by Crippen LogP contribution is -2.64. The minimum Gasteiger partial charge on any atom is -0.299 e. The molecule has 1 saturated carbocycles. The van der Waals surface area contributed by atoms with Gasteiger partial charge in [0, 0.05) is 6.04 Å². The molecule has 6 atom stereocenters. The summed E-state index contributed by atoms with van der Waals surface area (Å²) in [6, 6.07) is 20.5. The predicted molar refractivity (Wildman–Crippen MR) is 204 cm³/mol. The fraction of sp³-hybridized carbons (Fsp3) is 0.455. The van der Waals surface area contributed by atoms with Crippen LogP contribution in [0.15, 0.2) is 120 Å². The van der Waals surface area contributed by atoms with Crippen LogP contribution in [0.25, 0.3) is 16.7 Å². The van der Waals surface area contributed by atoms with Gasteiger partial charge in [0.2, 0.25) is 0 Å². The Morgan fingerprint density at radius 2 is 1.23 bits per heavy atom. The second-order valence-electron chi connectivity index (χ2n) is 17.9. The molecule has 0 amide bonds. The first-order valence-corrected chi connectivity index (χ1v) is 21.0.